The van der Waals surface area contributed by atoms with E-state index in [0.29, 0.717) is 0 Å². The molecule has 1 atom stereocenters. The summed E-state index contributed by atoms with van der Waals surface area (Å²) >= 11 is 0. The van der Waals surface area contributed by atoms with Crippen LogP contribution in [-0.4, -0.2) is 22.5 Å². The number of imidazole rings is 1. The predicted octanol–water partition coefficient (Wildman–Crippen LogP) is 4.92. The molecule has 0 saturated heterocycles. The number of rotatable bonds is 4. The molecule has 0 radical (unpaired) electrons. The molecular formula is C24H22N2O2. The van der Waals surface area contributed by atoms with E-state index >= 15 is 0 Å². The Hall–Kier alpha value is -3.40. The van der Waals surface area contributed by atoms with Gasteiger partial charge in [-0.3, -0.25) is 4.79 Å². The Morgan fingerprint density at radius 1 is 0.929 bits per heavy atom. The third kappa shape index (κ3) is 3.18. The summed E-state index contributed by atoms with van der Waals surface area (Å²) < 4.78 is 7.21. The van der Waals surface area contributed by atoms with E-state index in [1.807, 2.05) is 72.1 Å². The van der Waals surface area contributed by atoms with Crippen LogP contribution >= 0.6 is 0 Å². The fourth-order valence-corrected chi connectivity index (χ4v) is 3.54. The molecule has 0 spiro atoms. The molecule has 28 heavy (non-hydrogen) atoms. The summed E-state index contributed by atoms with van der Waals surface area (Å²) in [5.74, 6) is -0.873. The summed E-state index contributed by atoms with van der Waals surface area (Å²) in [5, 5.41) is 0. The minimum absolute atomic E-state index is 0.303. The number of pyridine rings is 1. The zero-order chi connectivity index (χ0) is 19.7. The second-order valence-corrected chi connectivity index (χ2v) is 7.01. The van der Waals surface area contributed by atoms with Crippen LogP contribution in [0.3, 0.4) is 0 Å². The molecule has 0 N–H and O–H groups in total. The van der Waals surface area contributed by atoms with E-state index in [1.165, 1.54) is 12.7 Å². The number of nitrogens with zero attached hydrogens (tertiary/aromatic N) is 2. The summed E-state index contributed by atoms with van der Waals surface area (Å²) in [5.41, 5.74) is 6.56. The molecule has 4 aromatic rings. The number of aromatic nitrogens is 2. The van der Waals surface area contributed by atoms with Crippen LogP contribution in [0.5, 0.6) is 0 Å². The van der Waals surface area contributed by atoms with Gasteiger partial charge in [-0.1, -0.05) is 66.2 Å². The first-order valence-corrected chi connectivity index (χ1v) is 9.27. The second kappa shape index (κ2) is 7.31. The fraction of sp³-hybridized carbons (Fsp3) is 0.167. The van der Waals surface area contributed by atoms with Crippen molar-refractivity contribution in [2.75, 3.05) is 7.11 Å². The van der Waals surface area contributed by atoms with E-state index in [4.69, 9.17) is 9.72 Å². The van der Waals surface area contributed by atoms with E-state index in [9.17, 15) is 4.79 Å². The van der Waals surface area contributed by atoms with Crippen molar-refractivity contribution in [3.63, 3.8) is 0 Å². The Labute approximate surface area is 164 Å². The van der Waals surface area contributed by atoms with Crippen molar-refractivity contribution in [2.24, 2.45) is 0 Å². The van der Waals surface area contributed by atoms with E-state index in [0.717, 1.165) is 33.7 Å². The van der Waals surface area contributed by atoms with Gasteiger partial charge in [0.1, 0.15) is 11.6 Å². The van der Waals surface area contributed by atoms with Gasteiger partial charge in [0.15, 0.2) is 0 Å². The third-order valence-corrected chi connectivity index (χ3v) is 4.97. The molecule has 2 heterocycles. The van der Waals surface area contributed by atoms with Gasteiger partial charge in [0, 0.05) is 11.8 Å². The van der Waals surface area contributed by atoms with Crippen molar-refractivity contribution in [3.05, 3.63) is 95.3 Å². The van der Waals surface area contributed by atoms with Crippen molar-refractivity contribution in [1.29, 1.82) is 0 Å². The van der Waals surface area contributed by atoms with E-state index in [-0.39, 0.29) is 5.97 Å². The van der Waals surface area contributed by atoms with Crippen molar-refractivity contribution in [1.82, 2.24) is 9.38 Å². The lowest BCUT2D eigenvalue weighted by molar-refractivity contribution is -0.141. The van der Waals surface area contributed by atoms with E-state index in [1.54, 1.807) is 0 Å². The number of hydrogen-bond acceptors (Lipinski definition) is 3. The second-order valence-electron chi connectivity index (χ2n) is 7.01. The Morgan fingerprint density at radius 2 is 1.61 bits per heavy atom. The molecule has 0 saturated carbocycles. The van der Waals surface area contributed by atoms with Gasteiger partial charge in [0.25, 0.3) is 0 Å². The molecule has 4 nitrogen and oxygen atoms in total. The number of methoxy groups -OCH3 is 1. The van der Waals surface area contributed by atoms with E-state index < -0.39 is 5.92 Å². The van der Waals surface area contributed by atoms with Crippen LogP contribution < -0.4 is 0 Å². The van der Waals surface area contributed by atoms with Crippen LogP contribution in [0.1, 0.15) is 28.3 Å². The Kier molecular flexibility index (Phi) is 4.70. The maximum absolute atomic E-state index is 12.9. The van der Waals surface area contributed by atoms with Crippen LogP contribution in [0.15, 0.2) is 72.9 Å². The molecule has 1 unspecified atom stereocenters. The smallest absolute Gasteiger partial charge is 0.319 e. The van der Waals surface area contributed by atoms with Gasteiger partial charge in [-0.2, -0.15) is 0 Å². The topological polar surface area (TPSA) is 43.6 Å². The number of ether oxygens (including phenoxy) is 1. The molecule has 4 heteroatoms. The zero-order valence-electron chi connectivity index (χ0n) is 16.2. The number of hydrogen-bond donors (Lipinski definition) is 0. The maximum Gasteiger partial charge on any atom is 0.319 e. The molecule has 0 aliphatic heterocycles. The minimum Gasteiger partial charge on any atom is -0.468 e. The minimum atomic E-state index is -0.570. The lowest BCUT2D eigenvalue weighted by atomic mass is 9.92. The van der Waals surface area contributed by atoms with Crippen LogP contribution in [0.2, 0.25) is 0 Å². The maximum atomic E-state index is 12.9. The van der Waals surface area contributed by atoms with E-state index in [2.05, 4.69) is 19.1 Å². The average molecular weight is 370 g/mol. The first-order valence-electron chi connectivity index (χ1n) is 9.27. The zero-order valence-corrected chi connectivity index (χ0v) is 16.2. The van der Waals surface area contributed by atoms with Crippen LogP contribution in [-0.2, 0) is 9.53 Å². The first kappa shape index (κ1) is 18.0. The molecule has 0 aliphatic rings. The molecule has 0 bridgehead atoms. The van der Waals surface area contributed by atoms with Crippen LogP contribution in [0, 0.1) is 13.8 Å². The van der Waals surface area contributed by atoms with Gasteiger partial charge in [0.05, 0.1) is 18.5 Å². The molecule has 140 valence electrons. The predicted molar refractivity (Wildman–Crippen MR) is 110 cm³/mol. The Morgan fingerprint density at radius 3 is 2.29 bits per heavy atom. The van der Waals surface area contributed by atoms with Crippen molar-refractivity contribution in [2.45, 2.75) is 19.8 Å². The van der Waals surface area contributed by atoms with Crippen molar-refractivity contribution in [3.8, 4) is 11.3 Å². The van der Waals surface area contributed by atoms with Gasteiger partial charge in [-0.05, 0) is 31.0 Å². The monoisotopic (exact) mass is 370 g/mol. The summed E-state index contributed by atoms with van der Waals surface area (Å²) in [4.78, 5) is 17.8. The highest BCUT2D eigenvalue weighted by Crippen LogP contribution is 2.35. The quantitative estimate of drug-likeness (QED) is 0.479. The summed E-state index contributed by atoms with van der Waals surface area (Å²) in [7, 11) is 1.43. The average Bonchev–Trinajstić information content (AvgIpc) is 3.08. The van der Waals surface area contributed by atoms with Crippen LogP contribution in [0.25, 0.3) is 16.9 Å². The number of esters is 1. The summed E-state index contributed by atoms with van der Waals surface area (Å²) in [6.07, 6.45) is 2.02. The summed E-state index contributed by atoms with van der Waals surface area (Å²) in [6.45, 7) is 4.09. The standard InChI is InChI=1S/C24H22N2O2/c1-16-9-12-19(13-10-16)22-23(26-15-17(2)11-14-20(26)25-22)21(24(27)28-3)18-7-5-4-6-8-18/h4-15,21H,1-3H3. The normalized spacial score (nSPS) is 12.1. The van der Waals surface area contributed by atoms with Crippen molar-refractivity contribution < 1.29 is 9.53 Å². The van der Waals surface area contributed by atoms with Gasteiger partial charge >= 0.3 is 5.97 Å². The summed E-state index contributed by atoms with van der Waals surface area (Å²) in [6, 6.07) is 21.9. The van der Waals surface area contributed by atoms with Crippen LogP contribution in [0.4, 0.5) is 0 Å². The van der Waals surface area contributed by atoms with Gasteiger partial charge < -0.3 is 9.14 Å². The molecule has 0 aliphatic carbocycles. The fourth-order valence-electron chi connectivity index (χ4n) is 3.54. The Bertz CT molecular complexity index is 1130. The lowest BCUT2D eigenvalue weighted by Crippen LogP contribution is -2.18. The molecule has 0 amide bonds. The number of carbonyl (C=O) groups excluding carboxylic acids is 1. The molecule has 2 aromatic heterocycles. The van der Waals surface area contributed by atoms with Crippen molar-refractivity contribution >= 4 is 11.6 Å². The third-order valence-electron chi connectivity index (χ3n) is 4.97. The highest BCUT2D eigenvalue weighted by Gasteiger charge is 2.30. The highest BCUT2D eigenvalue weighted by molar-refractivity contribution is 5.85. The number of aryl methyl sites for hydroxylation is 2. The van der Waals surface area contributed by atoms with Gasteiger partial charge in [-0.15, -0.1) is 0 Å². The SMILES string of the molecule is COC(=O)C(c1ccccc1)c1c(-c2ccc(C)cc2)nc2ccc(C)cn12. The Balaban J connectivity index is 2.04. The first-order chi connectivity index (χ1) is 13.6. The number of benzene rings is 2. The molecule has 4 rings (SSSR count). The lowest BCUT2D eigenvalue weighted by Gasteiger charge is -2.17. The van der Waals surface area contributed by atoms with Gasteiger partial charge in [-0.25, -0.2) is 4.98 Å². The molecular weight excluding hydrogens is 348 g/mol. The number of fused-ring (bicyclic) bond motifs is 1. The highest BCUT2D eigenvalue weighted by atomic mass is 16.5. The molecule has 2 aromatic carbocycles. The largest absolute Gasteiger partial charge is 0.468 e. The molecule has 0 fully saturated rings. The number of carbonyl (C=O) groups is 1. The van der Waals surface area contributed by atoms with Gasteiger partial charge in [0.2, 0.25) is 0 Å².